The Bertz CT molecular complexity index is 223. The molecular weight excluding hydrogens is 248 g/mol. The molecule has 0 aliphatic rings. The van der Waals surface area contributed by atoms with Crippen LogP contribution in [-0.4, -0.2) is 48.3 Å². The summed E-state index contributed by atoms with van der Waals surface area (Å²) in [7, 11) is 0. The van der Waals surface area contributed by atoms with Gasteiger partial charge >= 0.3 is 0 Å². The fourth-order valence-electron chi connectivity index (χ4n) is 2.45. The zero-order chi connectivity index (χ0) is 15.4. The van der Waals surface area contributed by atoms with Crippen molar-refractivity contribution >= 4 is 0 Å². The Kier molecular flexibility index (Phi) is 11.5. The van der Waals surface area contributed by atoms with Gasteiger partial charge in [-0.05, 0) is 51.7 Å². The number of unbranched alkanes of at least 4 members (excludes halogenated alkanes) is 1. The van der Waals surface area contributed by atoms with Gasteiger partial charge in [0.25, 0.3) is 0 Å². The lowest BCUT2D eigenvalue weighted by molar-refractivity contribution is 0.160. The summed E-state index contributed by atoms with van der Waals surface area (Å²) in [6, 6.07) is 0. The van der Waals surface area contributed by atoms with Crippen molar-refractivity contribution in [3.05, 3.63) is 0 Å². The quantitative estimate of drug-likeness (QED) is 0.510. The van der Waals surface area contributed by atoms with E-state index in [1.165, 1.54) is 32.4 Å². The molecule has 0 rings (SSSR count). The minimum atomic E-state index is -0.0935. The first-order valence-electron chi connectivity index (χ1n) is 8.59. The van der Waals surface area contributed by atoms with Crippen LogP contribution in [0.4, 0.5) is 0 Å². The SMILES string of the molecule is CCCNC(C)(CO)CCCCN(CC)CC(C)CC. The maximum absolute atomic E-state index is 9.54. The monoisotopic (exact) mass is 286 g/mol. The normalized spacial score (nSPS) is 16.4. The van der Waals surface area contributed by atoms with Crippen LogP contribution in [0, 0.1) is 5.92 Å². The topological polar surface area (TPSA) is 35.5 Å². The summed E-state index contributed by atoms with van der Waals surface area (Å²) in [5.74, 6) is 0.795. The van der Waals surface area contributed by atoms with Crippen molar-refractivity contribution in [3.8, 4) is 0 Å². The molecule has 0 spiro atoms. The lowest BCUT2D eigenvalue weighted by Crippen LogP contribution is -2.46. The number of aliphatic hydroxyl groups excluding tert-OH is 1. The highest BCUT2D eigenvalue weighted by atomic mass is 16.3. The third-order valence-corrected chi connectivity index (χ3v) is 4.32. The van der Waals surface area contributed by atoms with Crippen LogP contribution in [0.15, 0.2) is 0 Å². The fourth-order valence-corrected chi connectivity index (χ4v) is 2.45. The predicted octanol–water partition coefficient (Wildman–Crippen LogP) is 3.28. The third kappa shape index (κ3) is 8.93. The summed E-state index contributed by atoms with van der Waals surface area (Å²) in [5, 5.41) is 13.0. The van der Waals surface area contributed by atoms with Gasteiger partial charge in [0.15, 0.2) is 0 Å². The van der Waals surface area contributed by atoms with Crippen LogP contribution in [-0.2, 0) is 0 Å². The molecule has 0 saturated heterocycles. The molecule has 0 aliphatic heterocycles. The van der Waals surface area contributed by atoms with E-state index in [2.05, 4.69) is 44.8 Å². The zero-order valence-electron chi connectivity index (χ0n) is 14.5. The lowest BCUT2D eigenvalue weighted by atomic mass is 9.95. The van der Waals surface area contributed by atoms with E-state index in [0.29, 0.717) is 0 Å². The Morgan fingerprint density at radius 1 is 1.20 bits per heavy atom. The van der Waals surface area contributed by atoms with E-state index in [9.17, 15) is 5.11 Å². The molecule has 122 valence electrons. The first kappa shape index (κ1) is 19.9. The van der Waals surface area contributed by atoms with Gasteiger partial charge in [0.1, 0.15) is 0 Å². The highest BCUT2D eigenvalue weighted by Crippen LogP contribution is 2.14. The number of hydrogen-bond acceptors (Lipinski definition) is 3. The van der Waals surface area contributed by atoms with Gasteiger partial charge in [-0.2, -0.15) is 0 Å². The summed E-state index contributed by atoms with van der Waals surface area (Å²) in [6.45, 7) is 15.9. The summed E-state index contributed by atoms with van der Waals surface area (Å²) < 4.78 is 0. The number of nitrogens with one attached hydrogen (secondary N) is 1. The maximum atomic E-state index is 9.54. The van der Waals surface area contributed by atoms with Gasteiger partial charge in [0, 0.05) is 12.1 Å². The van der Waals surface area contributed by atoms with Gasteiger partial charge in [0.05, 0.1) is 6.61 Å². The number of nitrogens with zero attached hydrogens (tertiary/aromatic N) is 1. The van der Waals surface area contributed by atoms with Gasteiger partial charge in [0.2, 0.25) is 0 Å². The first-order valence-corrected chi connectivity index (χ1v) is 8.59. The average Bonchev–Trinajstić information content (AvgIpc) is 2.47. The van der Waals surface area contributed by atoms with Crippen molar-refractivity contribution in [1.29, 1.82) is 0 Å². The first-order chi connectivity index (χ1) is 9.51. The average molecular weight is 287 g/mol. The molecule has 0 aliphatic carbocycles. The Labute approximate surface area is 127 Å². The van der Waals surface area contributed by atoms with Gasteiger partial charge < -0.3 is 15.3 Å². The summed E-state index contributed by atoms with van der Waals surface area (Å²) in [4.78, 5) is 2.56. The van der Waals surface area contributed by atoms with Gasteiger partial charge in [-0.15, -0.1) is 0 Å². The van der Waals surface area contributed by atoms with E-state index >= 15 is 0 Å². The Hall–Kier alpha value is -0.120. The Morgan fingerprint density at radius 2 is 1.90 bits per heavy atom. The predicted molar refractivity (Wildman–Crippen MR) is 89.2 cm³/mol. The van der Waals surface area contributed by atoms with Crippen LogP contribution >= 0.6 is 0 Å². The standard InChI is InChI=1S/C17H38N2O/c1-6-12-18-17(5,15-20)11-9-10-13-19(8-3)14-16(4)7-2/h16,18,20H,6-15H2,1-5H3. The molecule has 0 heterocycles. The molecule has 20 heavy (non-hydrogen) atoms. The van der Waals surface area contributed by atoms with Crippen molar-refractivity contribution in [2.24, 2.45) is 5.92 Å². The Balaban J connectivity index is 3.91. The fraction of sp³-hybridized carbons (Fsp3) is 1.00. The molecule has 2 unspecified atom stereocenters. The third-order valence-electron chi connectivity index (χ3n) is 4.32. The van der Waals surface area contributed by atoms with Gasteiger partial charge in [-0.1, -0.05) is 40.5 Å². The molecule has 2 atom stereocenters. The smallest absolute Gasteiger partial charge is 0.0610 e. The molecule has 0 bridgehead atoms. The van der Waals surface area contributed by atoms with E-state index in [-0.39, 0.29) is 12.1 Å². The van der Waals surface area contributed by atoms with E-state index < -0.39 is 0 Å². The van der Waals surface area contributed by atoms with Crippen molar-refractivity contribution < 1.29 is 5.11 Å². The van der Waals surface area contributed by atoms with Crippen molar-refractivity contribution in [3.63, 3.8) is 0 Å². The molecule has 0 fully saturated rings. The number of aliphatic hydroxyl groups is 1. The molecule has 0 aromatic carbocycles. The highest BCUT2D eigenvalue weighted by molar-refractivity contribution is 4.82. The number of hydrogen-bond donors (Lipinski definition) is 2. The van der Waals surface area contributed by atoms with Crippen molar-refractivity contribution in [1.82, 2.24) is 10.2 Å². The van der Waals surface area contributed by atoms with Crippen molar-refractivity contribution in [2.45, 2.75) is 72.3 Å². The van der Waals surface area contributed by atoms with E-state index in [1.807, 2.05) is 0 Å². The highest BCUT2D eigenvalue weighted by Gasteiger charge is 2.21. The minimum absolute atomic E-state index is 0.0935. The molecule has 3 nitrogen and oxygen atoms in total. The summed E-state index contributed by atoms with van der Waals surface area (Å²) in [6.07, 6.45) is 5.86. The minimum Gasteiger partial charge on any atom is -0.394 e. The van der Waals surface area contributed by atoms with E-state index in [1.54, 1.807) is 0 Å². The molecule has 2 N–H and O–H groups in total. The second kappa shape index (κ2) is 11.5. The zero-order valence-corrected chi connectivity index (χ0v) is 14.5. The van der Waals surface area contributed by atoms with E-state index in [4.69, 9.17) is 0 Å². The van der Waals surface area contributed by atoms with Crippen molar-refractivity contribution in [2.75, 3.05) is 32.8 Å². The Morgan fingerprint density at radius 3 is 2.40 bits per heavy atom. The van der Waals surface area contributed by atoms with Crippen LogP contribution in [0.25, 0.3) is 0 Å². The van der Waals surface area contributed by atoms with Gasteiger partial charge in [-0.25, -0.2) is 0 Å². The largest absolute Gasteiger partial charge is 0.394 e. The van der Waals surface area contributed by atoms with Crippen LogP contribution in [0.3, 0.4) is 0 Å². The molecule has 0 aromatic heterocycles. The summed E-state index contributed by atoms with van der Waals surface area (Å²) in [5.41, 5.74) is -0.0935. The molecule has 3 heteroatoms. The molecule has 0 radical (unpaired) electrons. The lowest BCUT2D eigenvalue weighted by Gasteiger charge is -2.29. The number of rotatable bonds is 13. The van der Waals surface area contributed by atoms with Crippen LogP contribution < -0.4 is 5.32 Å². The molecule has 0 aromatic rings. The molecular formula is C17H38N2O. The second-order valence-electron chi connectivity index (χ2n) is 6.51. The summed E-state index contributed by atoms with van der Waals surface area (Å²) >= 11 is 0. The molecule has 0 amide bonds. The van der Waals surface area contributed by atoms with Crippen LogP contribution in [0.1, 0.15) is 66.7 Å². The second-order valence-corrected chi connectivity index (χ2v) is 6.51. The molecule has 0 saturated carbocycles. The van der Waals surface area contributed by atoms with Crippen LogP contribution in [0.2, 0.25) is 0 Å². The van der Waals surface area contributed by atoms with E-state index in [0.717, 1.165) is 31.8 Å². The maximum Gasteiger partial charge on any atom is 0.0610 e. The van der Waals surface area contributed by atoms with Crippen LogP contribution in [0.5, 0.6) is 0 Å². The van der Waals surface area contributed by atoms with Gasteiger partial charge in [-0.3, -0.25) is 0 Å².